The molecule has 168 valence electrons. The van der Waals surface area contributed by atoms with E-state index >= 15 is 0 Å². The molecule has 0 radical (unpaired) electrons. The highest BCUT2D eigenvalue weighted by atomic mass is 16.2. The zero-order chi connectivity index (χ0) is 22.2. The van der Waals surface area contributed by atoms with Crippen LogP contribution in [0.1, 0.15) is 36.8 Å². The topological polar surface area (TPSA) is 53.4 Å². The van der Waals surface area contributed by atoms with Crippen molar-refractivity contribution in [3.8, 4) is 0 Å². The monoisotopic (exact) mass is 431 g/mol. The van der Waals surface area contributed by atoms with E-state index in [-0.39, 0.29) is 5.91 Å². The number of aromatic nitrogens is 2. The average Bonchev–Trinajstić information content (AvgIpc) is 3.05. The van der Waals surface area contributed by atoms with Crippen LogP contribution in [0.5, 0.6) is 0 Å². The predicted molar refractivity (Wildman–Crippen MR) is 130 cm³/mol. The molecule has 0 aliphatic carbocycles. The molecule has 0 atom stereocenters. The Labute approximate surface area is 190 Å². The molecule has 1 aliphatic heterocycles. The van der Waals surface area contributed by atoms with Crippen molar-refractivity contribution in [3.05, 3.63) is 78.1 Å². The first-order valence-electron chi connectivity index (χ1n) is 11.5. The Morgan fingerprint density at radius 3 is 2.41 bits per heavy atom. The summed E-state index contributed by atoms with van der Waals surface area (Å²) in [6.07, 6.45) is 9.09. The van der Waals surface area contributed by atoms with Crippen LogP contribution >= 0.6 is 0 Å². The third-order valence-corrected chi connectivity index (χ3v) is 5.86. The number of rotatable bonds is 8. The van der Waals surface area contributed by atoms with Crippen molar-refractivity contribution >= 4 is 17.3 Å². The van der Waals surface area contributed by atoms with E-state index in [0.29, 0.717) is 13.1 Å². The first kappa shape index (κ1) is 22.1. The maximum Gasteiger partial charge on any atom is 0.238 e. The molecular weight excluding hydrogens is 398 g/mol. The molecule has 6 heteroatoms. The minimum Gasteiger partial charge on any atom is -0.372 e. The molecule has 1 aromatic heterocycles. The van der Waals surface area contributed by atoms with E-state index in [1.165, 1.54) is 36.9 Å². The molecule has 1 saturated heterocycles. The van der Waals surface area contributed by atoms with Gasteiger partial charge in [-0.2, -0.15) is 5.10 Å². The maximum absolute atomic E-state index is 12.5. The zero-order valence-corrected chi connectivity index (χ0v) is 18.9. The highest BCUT2D eigenvalue weighted by Gasteiger charge is 2.12. The second-order valence-electron chi connectivity index (χ2n) is 8.70. The van der Waals surface area contributed by atoms with Crippen LogP contribution in [-0.4, -0.2) is 47.3 Å². The van der Waals surface area contributed by atoms with Crippen molar-refractivity contribution in [2.45, 2.75) is 38.8 Å². The van der Waals surface area contributed by atoms with Crippen molar-refractivity contribution in [3.63, 3.8) is 0 Å². The molecule has 3 aromatic rings. The molecular formula is C26H33N5O. The van der Waals surface area contributed by atoms with Crippen LogP contribution in [0, 0.1) is 0 Å². The largest absolute Gasteiger partial charge is 0.372 e. The molecule has 0 saturated carbocycles. The highest BCUT2D eigenvalue weighted by molar-refractivity contribution is 5.92. The van der Waals surface area contributed by atoms with Gasteiger partial charge in [0.15, 0.2) is 0 Å². The van der Waals surface area contributed by atoms with Gasteiger partial charge >= 0.3 is 0 Å². The number of carbonyl (C=O) groups is 1. The number of anilines is 2. The minimum absolute atomic E-state index is 0.00769. The number of carbonyl (C=O) groups excluding carboxylic acids is 1. The van der Waals surface area contributed by atoms with Crippen molar-refractivity contribution in [1.82, 2.24) is 14.7 Å². The third kappa shape index (κ3) is 6.44. The summed E-state index contributed by atoms with van der Waals surface area (Å²) in [7, 11) is 1.95. The molecule has 4 rings (SSSR count). The van der Waals surface area contributed by atoms with Gasteiger partial charge in [0, 0.05) is 42.8 Å². The van der Waals surface area contributed by atoms with Crippen molar-refractivity contribution in [2.75, 3.05) is 36.9 Å². The lowest BCUT2D eigenvalue weighted by Gasteiger charge is -2.23. The van der Waals surface area contributed by atoms with Gasteiger partial charge in [-0.05, 0) is 49.7 Å². The Morgan fingerprint density at radius 1 is 0.969 bits per heavy atom. The number of amides is 1. The van der Waals surface area contributed by atoms with E-state index in [4.69, 9.17) is 0 Å². The van der Waals surface area contributed by atoms with Gasteiger partial charge in [0.25, 0.3) is 0 Å². The fourth-order valence-electron chi connectivity index (χ4n) is 4.24. The van der Waals surface area contributed by atoms with E-state index in [0.717, 1.165) is 30.9 Å². The highest BCUT2D eigenvalue weighted by Crippen LogP contribution is 2.21. The van der Waals surface area contributed by atoms with Gasteiger partial charge in [0.05, 0.1) is 19.3 Å². The van der Waals surface area contributed by atoms with Crippen LogP contribution < -0.4 is 10.2 Å². The van der Waals surface area contributed by atoms with Crippen LogP contribution in [0.15, 0.2) is 67.0 Å². The standard InChI is InChI=1S/C26H33N5O/c1-29(18-23-17-27-31(20-23)19-22-9-5-4-6-10-22)21-26(32)28-24-11-13-25(14-12-24)30-15-7-2-3-8-16-30/h4-6,9-14,17,20H,2-3,7-8,15-16,18-19,21H2,1H3,(H,28,32). The molecule has 0 spiro atoms. The van der Waals surface area contributed by atoms with Gasteiger partial charge in [-0.3, -0.25) is 14.4 Å². The molecule has 32 heavy (non-hydrogen) atoms. The fraction of sp³-hybridized carbons (Fsp3) is 0.385. The molecule has 1 N–H and O–H groups in total. The lowest BCUT2D eigenvalue weighted by Crippen LogP contribution is -2.29. The Hall–Kier alpha value is -3.12. The van der Waals surface area contributed by atoms with E-state index in [2.05, 4.69) is 39.6 Å². The van der Waals surface area contributed by atoms with Crippen molar-refractivity contribution in [1.29, 1.82) is 0 Å². The Balaban J connectivity index is 1.24. The van der Waals surface area contributed by atoms with E-state index in [9.17, 15) is 4.79 Å². The van der Waals surface area contributed by atoms with Crippen LogP contribution in [0.2, 0.25) is 0 Å². The minimum atomic E-state index is -0.00769. The van der Waals surface area contributed by atoms with Gasteiger partial charge < -0.3 is 10.2 Å². The second kappa shape index (κ2) is 11.0. The number of nitrogens with one attached hydrogen (secondary N) is 1. The van der Waals surface area contributed by atoms with E-state index in [1.807, 2.05) is 59.4 Å². The summed E-state index contributed by atoms with van der Waals surface area (Å²) in [5, 5.41) is 7.47. The lowest BCUT2D eigenvalue weighted by molar-refractivity contribution is -0.117. The molecule has 6 nitrogen and oxygen atoms in total. The summed E-state index contributed by atoms with van der Waals surface area (Å²) in [6, 6.07) is 18.5. The van der Waals surface area contributed by atoms with Crippen LogP contribution in [0.3, 0.4) is 0 Å². The van der Waals surface area contributed by atoms with Crippen LogP contribution in [-0.2, 0) is 17.9 Å². The second-order valence-corrected chi connectivity index (χ2v) is 8.70. The lowest BCUT2D eigenvalue weighted by atomic mass is 10.2. The van der Waals surface area contributed by atoms with Crippen LogP contribution in [0.25, 0.3) is 0 Å². The Bertz CT molecular complexity index is 975. The summed E-state index contributed by atoms with van der Waals surface area (Å²) in [5.74, 6) is -0.00769. The predicted octanol–water partition coefficient (Wildman–Crippen LogP) is 4.38. The van der Waals surface area contributed by atoms with E-state index in [1.54, 1.807) is 0 Å². The number of hydrogen-bond donors (Lipinski definition) is 1. The fourth-order valence-corrected chi connectivity index (χ4v) is 4.24. The number of hydrogen-bond acceptors (Lipinski definition) is 4. The number of likely N-dealkylation sites (N-methyl/N-ethyl adjacent to an activating group) is 1. The first-order chi connectivity index (χ1) is 15.7. The van der Waals surface area contributed by atoms with Gasteiger partial charge in [-0.1, -0.05) is 43.2 Å². The van der Waals surface area contributed by atoms with Gasteiger partial charge in [0.1, 0.15) is 0 Å². The molecule has 0 bridgehead atoms. The maximum atomic E-state index is 12.5. The third-order valence-electron chi connectivity index (χ3n) is 5.86. The molecule has 1 fully saturated rings. The van der Waals surface area contributed by atoms with Gasteiger partial charge in [0.2, 0.25) is 5.91 Å². The smallest absolute Gasteiger partial charge is 0.238 e. The summed E-state index contributed by atoms with van der Waals surface area (Å²) in [5.41, 5.74) is 4.40. The summed E-state index contributed by atoms with van der Waals surface area (Å²) in [4.78, 5) is 17.0. The van der Waals surface area contributed by atoms with Crippen LogP contribution in [0.4, 0.5) is 11.4 Å². The first-order valence-corrected chi connectivity index (χ1v) is 11.5. The summed E-state index contributed by atoms with van der Waals surface area (Å²) >= 11 is 0. The number of nitrogens with zero attached hydrogens (tertiary/aromatic N) is 4. The SMILES string of the molecule is CN(CC(=O)Nc1ccc(N2CCCCCC2)cc1)Cc1cnn(Cc2ccccc2)c1. The van der Waals surface area contributed by atoms with Gasteiger partial charge in [-0.25, -0.2) is 0 Å². The Morgan fingerprint density at radius 2 is 1.69 bits per heavy atom. The molecule has 0 unspecified atom stereocenters. The number of benzene rings is 2. The summed E-state index contributed by atoms with van der Waals surface area (Å²) in [6.45, 7) is 4.00. The molecule has 2 heterocycles. The summed E-state index contributed by atoms with van der Waals surface area (Å²) < 4.78 is 1.93. The quantitative estimate of drug-likeness (QED) is 0.575. The van der Waals surface area contributed by atoms with Gasteiger partial charge in [-0.15, -0.1) is 0 Å². The molecule has 1 amide bonds. The zero-order valence-electron chi connectivity index (χ0n) is 18.9. The van der Waals surface area contributed by atoms with E-state index < -0.39 is 0 Å². The molecule has 2 aromatic carbocycles. The normalized spacial score (nSPS) is 14.4. The average molecular weight is 432 g/mol. The molecule has 1 aliphatic rings. The van der Waals surface area contributed by atoms with Crippen molar-refractivity contribution < 1.29 is 4.79 Å². The van der Waals surface area contributed by atoms with Crippen molar-refractivity contribution in [2.24, 2.45) is 0 Å². The Kier molecular flexibility index (Phi) is 7.56.